The summed E-state index contributed by atoms with van der Waals surface area (Å²) in [6.07, 6.45) is 0. The second kappa shape index (κ2) is 9.11. The lowest BCUT2D eigenvalue weighted by Gasteiger charge is -2.10. The van der Waals surface area contributed by atoms with Crippen LogP contribution in [0.15, 0.2) is 82.2 Å². The second-order valence-electron chi connectivity index (χ2n) is 6.29. The molecule has 1 amide bonds. The summed E-state index contributed by atoms with van der Waals surface area (Å²) in [7, 11) is -3.71. The van der Waals surface area contributed by atoms with Crippen LogP contribution in [0.1, 0.15) is 5.56 Å². The van der Waals surface area contributed by atoms with Gasteiger partial charge in [0.2, 0.25) is 0 Å². The Bertz CT molecular complexity index is 1100. The third-order valence-electron chi connectivity index (χ3n) is 3.90. The predicted octanol–water partition coefficient (Wildman–Crippen LogP) is 4.58. The van der Waals surface area contributed by atoms with Crippen LogP contribution in [0.4, 0.5) is 11.4 Å². The molecule has 8 heteroatoms. The first-order valence-corrected chi connectivity index (χ1v) is 11.0. The van der Waals surface area contributed by atoms with Crippen LogP contribution in [0.5, 0.6) is 5.75 Å². The highest BCUT2D eigenvalue weighted by atomic mass is 79.9. The Hall–Kier alpha value is -2.84. The molecular weight excluding hydrogens is 456 g/mol. The van der Waals surface area contributed by atoms with Gasteiger partial charge in [0.25, 0.3) is 15.9 Å². The number of benzene rings is 3. The van der Waals surface area contributed by atoms with Crippen LogP contribution in [-0.2, 0) is 14.8 Å². The monoisotopic (exact) mass is 474 g/mol. The highest BCUT2D eigenvalue weighted by molar-refractivity contribution is 9.10. The van der Waals surface area contributed by atoms with Crippen LogP contribution < -0.4 is 14.8 Å². The van der Waals surface area contributed by atoms with Gasteiger partial charge < -0.3 is 10.1 Å². The summed E-state index contributed by atoms with van der Waals surface area (Å²) in [4.78, 5) is 12.1. The predicted molar refractivity (Wildman–Crippen MR) is 117 cm³/mol. The standard InChI is InChI=1S/C21H19BrN2O4S/c1-15-3-2-4-18(13-15)24-29(26,27)20-11-9-19(10-12-20)28-14-21(25)23-17-7-5-16(22)6-8-17/h2-13,24H,14H2,1H3,(H,23,25). The van der Waals surface area contributed by atoms with E-state index in [1.165, 1.54) is 24.3 Å². The molecule has 3 rings (SSSR count). The van der Waals surface area contributed by atoms with Crippen LogP contribution >= 0.6 is 15.9 Å². The van der Waals surface area contributed by atoms with Crippen molar-refractivity contribution in [2.75, 3.05) is 16.6 Å². The van der Waals surface area contributed by atoms with E-state index in [1.807, 2.05) is 25.1 Å². The van der Waals surface area contributed by atoms with Gasteiger partial charge in [-0.1, -0.05) is 28.1 Å². The molecule has 0 heterocycles. The quantitative estimate of drug-likeness (QED) is 0.524. The first kappa shape index (κ1) is 20.9. The summed E-state index contributed by atoms with van der Waals surface area (Å²) in [5.41, 5.74) is 2.11. The van der Waals surface area contributed by atoms with Crippen molar-refractivity contribution in [1.29, 1.82) is 0 Å². The fourth-order valence-electron chi connectivity index (χ4n) is 2.52. The van der Waals surface area contributed by atoms with E-state index in [0.29, 0.717) is 17.1 Å². The molecule has 0 unspecified atom stereocenters. The average Bonchev–Trinajstić information content (AvgIpc) is 2.68. The third kappa shape index (κ3) is 6.07. The molecule has 3 aromatic carbocycles. The van der Waals surface area contributed by atoms with E-state index in [4.69, 9.17) is 4.74 Å². The van der Waals surface area contributed by atoms with Gasteiger partial charge in [-0.15, -0.1) is 0 Å². The largest absolute Gasteiger partial charge is 0.484 e. The van der Waals surface area contributed by atoms with E-state index in [9.17, 15) is 13.2 Å². The number of aryl methyl sites for hydroxylation is 1. The van der Waals surface area contributed by atoms with E-state index in [1.54, 1.807) is 30.3 Å². The van der Waals surface area contributed by atoms with Crippen molar-refractivity contribution in [3.63, 3.8) is 0 Å². The fourth-order valence-corrected chi connectivity index (χ4v) is 3.83. The molecule has 0 bridgehead atoms. The number of hydrogen-bond acceptors (Lipinski definition) is 4. The normalized spacial score (nSPS) is 11.0. The summed E-state index contributed by atoms with van der Waals surface area (Å²) in [5, 5.41) is 2.72. The van der Waals surface area contributed by atoms with Crippen LogP contribution in [-0.4, -0.2) is 20.9 Å². The first-order chi connectivity index (χ1) is 13.8. The van der Waals surface area contributed by atoms with Crippen LogP contribution in [0, 0.1) is 6.92 Å². The van der Waals surface area contributed by atoms with Gasteiger partial charge in [-0.05, 0) is 73.2 Å². The van der Waals surface area contributed by atoms with Gasteiger partial charge in [0, 0.05) is 15.8 Å². The smallest absolute Gasteiger partial charge is 0.262 e. The maximum atomic E-state index is 12.5. The molecule has 0 aliphatic heterocycles. The van der Waals surface area contributed by atoms with Crippen LogP contribution in [0.25, 0.3) is 0 Å². The van der Waals surface area contributed by atoms with Crippen molar-refractivity contribution in [3.05, 3.63) is 82.8 Å². The third-order valence-corrected chi connectivity index (χ3v) is 5.83. The number of anilines is 2. The van der Waals surface area contributed by atoms with Crippen molar-refractivity contribution >= 4 is 43.2 Å². The maximum Gasteiger partial charge on any atom is 0.262 e. The Kier molecular flexibility index (Phi) is 6.56. The number of ether oxygens (including phenoxy) is 1. The van der Waals surface area contributed by atoms with Gasteiger partial charge in [0.1, 0.15) is 5.75 Å². The van der Waals surface area contributed by atoms with Gasteiger partial charge >= 0.3 is 0 Å². The lowest BCUT2D eigenvalue weighted by atomic mass is 10.2. The first-order valence-electron chi connectivity index (χ1n) is 8.70. The van der Waals surface area contributed by atoms with E-state index >= 15 is 0 Å². The zero-order valence-corrected chi connectivity index (χ0v) is 18.0. The second-order valence-corrected chi connectivity index (χ2v) is 8.89. The maximum absolute atomic E-state index is 12.5. The fraction of sp³-hybridized carbons (Fsp3) is 0.0952. The lowest BCUT2D eigenvalue weighted by molar-refractivity contribution is -0.118. The van der Waals surface area contributed by atoms with E-state index in [-0.39, 0.29) is 17.4 Å². The molecule has 6 nitrogen and oxygen atoms in total. The molecule has 0 aliphatic rings. The summed E-state index contributed by atoms with van der Waals surface area (Å²) in [6, 6.07) is 20.2. The molecule has 3 aromatic rings. The number of amides is 1. The molecule has 0 radical (unpaired) electrons. The minimum Gasteiger partial charge on any atom is -0.484 e. The molecule has 0 fully saturated rings. The van der Waals surface area contributed by atoms with Crippen molar-refractivity contribution in [1.82, 2.24) is 0 Å². The SMILES string of the molecule is Cc1cccc(NS(=O)(=O)c2ccc(OCC(=O)Nc3ccc(Br)cc3)cc2)c1. The molecule has 0 aromatic heterocycles. The van der Waals surface area contributed by atoms with Crippen molar-refractivity contribution in [3.8, 4) is 5.75 Å². The molecule has 150 valence electrons. The van der Waals surface area contributed by atoms with E-state index in [2.05, 4.69) is 26.0 Å². The highest BCUT2D eigenvalue weighted by Gasteiger charge is 2.14. The van der Waals surface area contributed by atoms with Gasteiger partial charge in [0.15, 0.2) is 6.61 Å². The molecule has 0 saturated heterocycles. The van der Waals surface area contributed by atoms with Crippen molar-refractivity contribution in [2.45, 2.75) is 11.8 Å². The molecule has 0 spiro atoms. The topological polar surface area (TPSA) is 84.5 Å². The Balaban J connectivity index is 1.58. The van der Waals surface area contributed by atoms with Gasteiger partial charge in [-0.3, -0.25) is 9.52 Å². The summed E-state index contributed by atoms with van der Waals surface area (Å²) < 4.78 is 33.9. The number of rotatable bonds is 7. The molecule has 0 aliphatic carbocycles. The molecular formula is C21H19BrN2O4S. The Morgan fingerprint density at radius 2 is 1.66 bits per heavy atom. The molecule has 0 saturated carbocycles. The number of carbonyl (C=O) groups is 1. The molecule has 0 atom stereocenters. The average molecular weight is 475 g/mol. The lowest BCUT2D eigenvalue weighted by Crippen LogP contribution is -2.20. The number of hydrogen-bond donors (Lipinski definition) is 2. The Labute approximate surface area is 178 Å². The van der Waals surface area contributed by atoms with E-state index < -0.39 is 10.0 Å². The minimum absolute atomic E-state index is 0.102. The number of sulfonamides is 1. The Morgan fingerprint density at radius 3 is 2.31 bits per heavy atom. The van der Waals surface area contributed by atoms with Crippen LogP contribution in [0.3, 0.4) is 0 Å². The zero-order valence-electron chi connectivity index (χ0n) is 15.6. The minimum atomic E-state index is -3.71. The van der Waals surface area contributed by atoms with Gasteiger partial charge in [-0.25, -0.2) is 8.42 Å². The number of halogens is 1. The van der Waals surface area contributed by atoms with Crippen molar-refractivity contribution < 1.29 is 17.9 Å². The summed E-state index contributed by atoms with van der Waals surface area (Å²) in [5.74, 6) is 0.0793. The number of carbonyl (C=O) groups excluding carboxylic acids is 1. The van der Waals surface area contributed by atoms with E-state index in [0.717, 1.165) is 10.0 Å². The Morgan fingerprint density at radius 1 is 0.966 bits per heavy atom. The highest BCUT2D eigenvalue weighted by Crippen LogP contribution is 2.20. The molecule has 29 heavy (non-hydrogen) atoms. The zero-order chi connectivity index (χ0) is 20.9. The van der Waals surface area contributed by atoms with Gasteiger partial charge in [-0.2, -0.15) is 0 Å². The molecule has 2 N–H and O–H groups in total. The summed E-state index contributed by atoms with van der Waals surface area (Å²) in [6.45, 7) is 1.69. The summed E-state index contributed by atoms with van der Waals surface area (Å²) >= 11 is 3.33. The van der Waals surface area contributed by atoms with Gasteiger partial charge in [0.05, 0.1) is 4.90 Å². The van der Waals surface area contributed by atoms with Crippen molar-refractivity contribution in [2.24, 2.45) is 0 Å². The van der Waals surface area contributed by atoms with Crippen LogP contribution in [0.2, 0.25) is 0 Å². The number of nitrogens with one attached hydrogen (secondary N) is 2.